The van der Waals surface area contributed by atoms with Crippen molar-refractivity contribution in [3.05, 3.63) is 40.7 Å². The maximum Gasteiger partial charge on any atom is 0.126 e. The van der Waals surface area contributed by atoms with E-state index in [1.165, 1.54) is 0 Å². The molecule has 0 spiro atoms. The maximum absolute atomic E-state index is 13.3. The van der Waals surface area contributed by atoms with Gasteiger partial charge in [0.1, 0.15) is 10.8 Å². The van der Waals surface area contributed by atoms with Crippen molar-refractivity contribution in [1.29, 1.82) is 0 Å². The highest BCUT2D eigenvalue weighted by molar-refractivity contribution is 7.13. The summed E-state index contributed by atoms with van der Waals surface area (Å²) in [6.07, 6.45) is 0.921. The Morgan fingerprint density at radius 3 is 2.80 bits per heavy atom. The molecule has 1 heterocycles. The standard InChI is InChI=1S/C12H12FNS/c1-3-10-7-15-12(14-10)9-5-4-8(2)11(13)6-9/h4-7H,3H2,1-2H3. The third-order valence-corrected chi connectivity index (χ3v) is 3.27. The van der Waals surface area contributed by atoms with E-state index in [4.69, 9.17) is 0 Å². The summed E-state index contributed by atoms with van der Waals surface area (Å²) >= 11 is 1.56. The largest absolute Gasteiger partial charge is 0.241 e. The molecule has 3 heteroatoms. The Bertz CT molecular complexity index is 476. The minimum Gasteiger partial charge on any atom is -0.241 e. The zero-order chi connectivity index (χ0) is 10.8. The van der Waals surface area contributed by atoms with Crippen molar-refractivity contribution < 1.29 is 4.39 Å². The summed E-state index contributed by atoms with van der Waals surface area (Å²) in [4.78, 5) is 4.42. The lowest BCUT2D eigenvalue weighted by molar-refractivity contribution is 0.619. The van der Waals surface area contributed by atoms with Crippen molar-refractivity contribution in [2.24, 2.45) is 0 Å². The quantitative estimate of drug-likeness (QED) is 0.751. The summed E-state index contributed by atoms with van der Waals surface area (Å²) in [5.41, 5.74) is 2.60. The molecule has 0 aliphatic carbocycles. The molecule has 78 valence electrons. The van der Waals surface area contributed by atoms with Gasteiger partial charge in [0.2, 0.25) is 0 Å². The van der Waals surface area contributed by atoms with E-state index in [0.29, 0.717) is 5.56 Å². The first kappa shape index (κ1) is 10.3. The van der Waals surface area contributed by atoms with Gasteiger partial charge in [0.25, 0.3) is 0 Å². The van der Waals surface area contributed by atoms with E-state index in [-0.39, 0.29) is 5.82 Å². The van der Waals surface area contributed by atoms with Crippen LogP contribution in [0.4, 0.5) is 4.39 Å². The van der Waals surface area contributed by atoms with Gasteiger partial charge in [-0.15, -0.1) is 11.3 Å². The summed E-state index contributed by atoms with van der Waals surface area (Å²) in [6.45, 7) is 3.83. The number of rotatable bonds is 2. The van der Waals surface area contributed by atoms with Crippen LogP contribution in [-0.2, 0) is 6.42 Å². The van der Waals surface area contributed by atoms with Gasteiger partial charge in [0, 0.05) is 10.9 Å². The molecule has 2 aromatic rings. The molecule has 0 N–H and O–H groups in total. The van der Waals surface area contributed by atoms with Crippen LogP contribution in [0.2, 0.25) is 0 Å². The Balaban J connectivity index is 2.40. The molecule has 0 fully saturated rings. The van der Waals surface area contributed by atoms with Crippen molar-refractivity contribution in [1.82, 2.24) is 4.98 Å². The topological polar surface area (TPSA) is 12.9 Å². The summed E-state index contributed by atoms with van der Waals surface area (Å²) in [7, 11) is 0. The molecule has 15 heavy (non-hydrogen) atoms. The van der Waals surface area contributed by atoms with Crippen LogP contribution in [0.1, 0.15) is 18.2 Å². The molecule has 0 radical (unpaired) electrons. The first-order chi connectivity index (χ1) is 7.20. The number of hydrogen-bond donors (Lipinski definition) is 0. The number of nitrogens with zero attached hydrogens (tertiary/aromatic N) is 1. The van der Waals surface area contributed by atoms with Gasteiger partial charge in [-0.2, -0.15) is 0 Å². The molecule has 0 aliphatic heterocycles. The Morgan fingerprint density at radius 1 is 1.40 bits per heavy atom. The minimum absolute atomic E-state index is 0.166. The fourth-order valence-corrected chi connectivity index (χ4v) is 2.23. The second kappa shape index (κ2) is 4.11. The lowest BCUT2D eigenvalue weighted by atomic mass is 10.1. The van der Waals surface area contributed by atoms with E-state index >= 15 is 0 Å². The minimum atomic E-state index is -0.166. The van der Waals surface area contributed by atoms with Gasteiger partial charge in [-0.1, -0.05) is 19.1 Å². The zero-order valence-corrected chi connectivity index (χ0v) is 9.57. The van der Waals surface area contributed by atoms with Crippen LogP contribution in [-0.4, -0.2) is 4.98 Å². The van der Waals surface area contributed by atoms with E-state index in [9.17, 15) is 4.39 Å². The van der Waals surface area contributed by atoms with Crippen molar-refractivity contribution in [3.63, 3.8) is 0 Å². The predicted octanol–water partition coefficient (Wildman–Crippen LogP) is 3.82. The van der Waals surface area contributed by atoms with Crippen LogP contribution in [0.25, 0.3) is 10.6 Å². The predicted molar refractivity (Wildman–Crippen MR) is 61.6 cm³/mol. The molecule has 0 unspecified atom stereocenters. The molecule has 0 saturated carbocycles. The van der Waals surface area contributed by atoms with Crippen LogP contribution < -0.4 is 0 Å². The van der Waals surface area contributed by atoms with Crippen molar-refractivity contribution in [2.75, 3.05) is 0 Å². The first-order valence-corrected chi connectivity index (χ1v) is 5.79. The summed E-state index contributed by atoms with van der Waals surface area (Å²) in [5.74, 6) is -0.166. The number of aryl methyl sites for hydroxylation is 2. The lowest BCUT2D eigenvalue weighted by Crippen LogP contribution is -1.85. The maximum atomic E-state index is 13.3. The number of hydrogen-bond acceptors (Lipinski definition) is 2. The van der Waals surface area contributed by atoms with Gasteiger partial charge in [0.05, 0.1) is 5.69 Å². The van der Waals surface area contributed by atoms with Gasteiger partial charge >= 0.3 is 0 Å². The van der Waals surface area contributed by atoms with Gasteiger partial charge < -0.3 is 0 Å². The Hall–Kier alpha value is -1.22. The van der Waals surface area contributed by atoms with Gasteiger partial charge in [0.15, 0.2) is 0 Å². The first-order valence-electron chi connectivity index (χ1n) is 4.91. The van der Waals surface area contributed by atoms with E-state index < -0.39 is 0 Å². The molecule has 1 nitrogen and oxygen atoms in total. The monoisotopic (exact) mass is 221 g/mol. The molecule has 0 saturated heterocycles. The van der Waals surface area contributed by atoms with Crippen LogP contribution in [0.5, 0.6) is 0 Å². The van der Waals surface area contributed by atoms with Gasteiger partial charge in [-0.3, -0.25) is 0 Å². The number of thiazole rings is 1. The highest BCUT2D eigenvalue weighted by Gasteiger charge is 2.05. The number of halogens is 1. The van der Waals surface area contributed by atoms with E-state index in [0.717, 1.165) is 22.7 Å². The summed E-state index contributed by atoms with van der Waals surface area (Å²) in [5, 5.41) is 2.92. The SMILES string of the molecule is CCc1csc(-c2ccc(C)c(F)c2)n1. The Morgan fingerprint density at radius 2 is 2.20 bits per heavy atom. The Labute approximate surface area is 92.6 Å². The van der Waals surface area contributed by atoms with Crippen molar-refractivity contribution in [3.8, 4) is 10.6 Å². The molecule has 0 bridgehead atoms. The second-order valence-corrected chi connectivity index (χ2v) is 4.32. The van der Waals surface area contributed by atoms with Gasteiger partial charge in [-0.05, 0) is 25.0 Å². The molecule has 1 aromatic carbocycles. The van der Waals surface area contributed by atoms with Crippen molar-refractivity contribution in [2.45, 2.75) is 20.3 Å². The average Bonchev–Trinajstić information content (AvgIpc) is 2.70. The lowest BCUT2D eigenvalue weighted by Gasteiger charge is -1.99. The van der Waals surface area contributed by atoms with E-state index in [2.05, 4.69) is 11.9 Å². The smallest absolute Gasteiger partial charge is 0.126 e. The Kier molecular flexibility index (Phi) is 2.82. The molecular weight excluding hydrogens is 209 g/mol. The molecule has 1 aromatic heterocycles. The number of aromatic nitrogens is 1. The van der Waals surface area contributed by atoms with E-state index in [1.807, 2.05) is 11.4 Å². The van der Waals surface area contributed by atoms with Crippen LogP contribution in [0.3, 0.4) is 0 Å². The normalized spacial score (nSPS) is 10.6. The summed E-state index contributed by atoms with van der Waals surface area (Å²) < 4.78 is 13.3. The van der Waals surface area contributed by atoms with Crippen LogP contribution >= 0.6 is 11.3 Å². The summed E-state index contributed by atoms with van der Waals surface area (Å²) in [6, 6.07) is 5.25. The van der Waals surface area contributed by atoms with Gasteiger partial charge in [-0.25, -0.2) is 9.37 Å². The highest BCUT2D eigenvalue weighted by atomic mass is 32.1. The van der Waals surface area contributed by atoms with Crippen LogP contribution in [0, 0.1) is 12.7 Å². The average molecular weight is 221 g/mol. The molecule has 0 atom stereocenters. The van der Waals surface area contributed by atoms with Crippen molar-refractivity contribution >= 4 is 11.3 Å². The molecular formula is C12H12FNS. The third-order valence-electron chi connectivity index (χ3n) is 2.33. The fraction of sp³-hybridized carbons (Fsp3) is 0.250. The molecule has 2 rings (SSSR count). The van der Waals surface area contributed by atoms with E-state index in [1.54, 1.807) is 30.4 Å². The number of benzene rings is 1. The van der Waals surface area contributed by atoms with Crippen LogP contribution in [0.15, 0.2) is 23.6 Å². The zero-order valence-electron chi connectivity index (χ0n) is 8.75. The molecule has 0 amide bonds. The fourth-order valence-electron chi connectivity index (χ4n) is 1.33. The third kappa shape index (κ3) is 2.07. The molecule has 0 aliphatic rings. The highest BCUT2D eigenvalue weighted by Crippen LogP contribution is 2.25. The second-order valence-electron chi connectivity index (χ2n) is 3.46.